The average Bonchev–Trinajstić information content (AvgIpc) is 2.91. The Kier molecular flexibility index (Phi) is 2.99. The van der Waals surface area contributed by atoms with E-state index >= 15 is 0 Å². The van der Waals surface area contributed by atoms with Crippen molar-refractivity contribution in [2.45, 2.75) is 13.8 Å². The maximum absolute atomic E-state index is 9.90. The first-order valence-corrected chi connectivity index (χ1v) is 6.35. The highest BCUT2D eigenvalue weighted by Gasteiger charge is 2.15. The molecule has 0 aliphatic rings. The molecule has 20 heavy (non-hydrogen) atoms. The van der Waals surface area contributed by atoms with E-state index in [4.69, 9.17) is 4.52 Å². The van der Waals surface area contributed by atoms with Gasteiger partial charge >= 0.3 is 0 Å². The Morgan fingerprint density at radius 2 is 1.80 bits per heavy atom. The Balaban J connectivity index is 2.07. The molecule has 2 aromatic carbocycles. The van der Waals surface area contributed by atoms with Crippen LogP contribution in [0.1, 0.15) is 11.1 Å². The molecule has 3 aromatic rings. The van der Waals surface area contributed by atoms with Crippen molar-refractivity contribution in [1.29, 1.82) is 0 Å². The molecule has 0 fully saturated rings. The molecular formula is C16H14N2O2. The second-order valence-corrected chi connectivity index (χ2v) is 4.76. The number of nitrogens with zero attached hydrogens (tertiary/aromatic N) is 2. The molecule has 1 N–H and O–H groups in total. The van der Waals surface area contributed by atoms with E-state index in [9.17, 15) is 5.11 Å². The predicted octanol–water partition coefficient (Wildman–Crippen LogP) is 3.73. The summed E-state index contributed by atoms with van der Waals surface area (Å²) in [6, 6.07) is 13.1. The molecule has 0 radical (unpaired) electrons. The van der Waals surface area contributed by atoms with Crippen molar-refractivity contribution in [1.82, 2.24) is 10.1 Å². The number of hydrogen-bond donors (Lipinski definition) is 1. The summed E-state index contributed by atoms with van der Waals surface area (Å²) in [5.41, 5.74) is 3.58. The van der Waals surface area contributed by atoms with Crippen molar-refractivity contribution in [2.24, 2.45) is 0 Å². The van der Waals surface area contributed by atoms with Crippen molar-refractivity contribution in [2.75, 3.05) is 0 Å². The molecule has 0 saturated carbocycles. The molecule has 0 spiro atoms. The highest BCUT2D eigenvalue weighted by atomic mass is 16.5. The molecule has 1 aromatic heterocycles. The zero-order valence-corrected chi connectivity index (χ0v) is 11.3. The topological polar surface area (TPSA) is 59.2 Å². The van der Waals surface area contributed by atoms with Gasteiger partial charge in [0.1, 0.15) is 5.75 Å². The minimum Gasteiger partial charge on any atom is -0.507 e. The fourth-order valence-electron chi connectivity index (χ4n) is 2.09. The van der Waals surface area contributed by atoms with Crippen LogP contribution in [0.25, 0.3) is 22.8 Å². The maximum Gasteiger partial charge on any atom is 0.262 e. The molecule has 3 rings (SSSR count). The molecular weight excluding hydrogens is 252 g/mol. The Labute approximate surface area is 116 Å². The van der Waals surface area contributed by atoms with Gasteiger partial charge in [-0.05, 0) is 31.5 Å². The summed E-state index contributed by atoms with van der Waals surface area (Å²) < 4.78 is 5.27. The molecule has 0 saturated heterocycles. The standard InChI is InChI=1S/C16H14N2O2/c1-10-7-8-14(19)13(9-10)16-17-15(18-20-16)12-6-4-3-5-11(12)2/h3-9,19H,1-2H3. The summed E-state index contributed by atoms with van der Waals surface area (Å²) >= 11 is 0. The third kappa shape index (κ3) is 2.16. The summed E-state index contributed by atoms with van der Waals surface area (Å²) in [5, 5.41) is 13.9. The number of benzene rings is 2. The van der Waals surface area contributed by atoms with Crippen LogP contribution in [0, 0.1) is 13.8 Å². The third-order valence-electron chi connectivity index (χ3n) is 3.19. The Morgan fingerprint density at radius 1 is 1.00 bits per heavy atom. The molecule has 0 aliphatic heterocycles. The van der Waals surface area contributed by atoms with Gasteiger partial charge < -0.3 is 9.63 Å². The molecule has 0 unspecified atom stereocenters. The van der Waals surface area contributed by atoms with Gasteiger partial charge in [-0.25, -0.2) is 0 Å². The minimum absolute atomic E-state index is 0.135. The first kappa shape index (κ1) is 12.4. The van der Waals surface area contributed by atoms with Crippen LogP contribution in [0.15, 0.2) is 47.0 Å². The molecule has 1 heterocycles. The number of aromatic hydroxyl groups is 1. The summed E-state index contributed by atoms with van der Waals surface area (Å²) in [6.45, 7) is 3.94. The lowest BCUT2D eigenvalue weighted by atomic mass is 10.1. The second-order valence-electron chi connectivity index (χ2n) is 4.76. The Morgan fingerprint density at radius 3 is 2.60 bits per heavy atom. The van der Waals surface area contributed by atoms with Gasteiger partial charge in [-0.1, -0.05) is 41.1 Å². The number of aromatic nitrogens is 2. The SMILES string of the molecule is Cc1ccc(O)c(-c2nc(-c3ccccc3C)no2)c1. The molecule has 100 valence electrons. The lowest BCUT2D eigenvalue weighted by Crippen LogP contribution is -1.85. The van der Waals surface area contributed by atoms with Gasteiger partial charge in [0.05, 0.1) is 5.56 Å². The molecule has 0 aliphatic carbocycles. The van der Waals surface area contributed by atoms with Crippen LogP contribution < -0.4 is 0 Å². The fraction of sp³-hybridized carbons (Fsp3) is 0.125. The molecule has 0 amide bonds. The molecule has 0 bridgehead atoms. The largest absolute Gasteiger partial charge is 0.507 e. The number of phenols is 1. The highest BCUT2D eigenvalue weighted by Crippen LogP contribution is 2.30. The summed E-state index contributed by atoms with van der Waals surface area (Å²) in [4.78, 5) is 4.38. The van der Waals surface area contributed by atoms with Gasteiger partial charge in [-0.2, -0.15) is 4.98 Å². The molecule has 0 atom stereocenters. The van der Waals surface area contributed by atoms with Gasteiger partial charge in [0.2, 0.25) is 5.82 Å². The van der Waals surface area contributed by atoms with E-state index in [2.05, 4.69) is 10.1 Å². The van der Waals surface area contributed by atoms with E-state index in [0.717, 1.165) is 16.7 Å². The smallest absolute Gasteiger partial charge is 0.262 e. The van der Waals surface area contributed by atoms with E-state index in [-0.39, 0.29) is 5.75 Å². The fourth-order valence-corrected chi connectivity index (χ4v) is 2.09. The van der Waals surface area contributed by atoms with Crippen molar-refractivity contribution in [3.8, 4) is 28.6 Å². The predicted molar refractivity (Wildman–Crippen MR) is 76.3 cm³/mol. The first-order valence-electron chi connectivity index (χ1n) is 6.35. The first-order chi connectivity index (χ1) is 9.65. The van der Waals surface area contributed by atoms with E-state index in [1.165, 1.54) is 0 Å². The van der Waals surface area contributed by atoms with Crippen LogP contribution in [-0.2, 0) is 0 Å². The molecule has 4 heteroatoms. The van der Waals surface area contributed by atoms with Gasteiger partial charge in [-0.15, -0.1) is 0 Å². The normalized spacial score (nSPS) is 10.7. The number of hydrogen-bond acceptors (Lipinski definition) is 4. The third-order valence-corrected chi connectivity index (χ3v) is 3.19. The summed E-state index contributed by atoms with van der Waals surface area (Å²) in [5.74, 6) is 0.985. The number of aryl methyl sites for hydroxylation is 2. The zero-order chi connectivity index (χ0) is 14.1. The van der Waals surface area contributed by atoms with Gasteiger partial charge in [0, 0.05) is 5.56 Å². The summed E-state index contributed by atoms with van der Waals surface area (Å²) in [6.07, 6.45) is 0. The van der Waals surface area contributed by atoms with Gasteiger partial charge in [0.15, 0.2) is 0 Å². The van der Waals surface area contributed by atoms with Crippen LogP contribution in [0.4, 0.5) is 0 Å². The molecule has 4 nitrogen and oxygen atoms in total. The van der Waals surface area contributed by atoms with Crippen LogP contribution in [0.5, 0.6) is 5.75 Å². The van der Waals surface area contributed by atoms with Crippen LogP contribution >= 0.6 is 0 Å². The van der Waals surface area contributed by atoms with Crippen molar-refractivity contribution in [3.05, 3.63) is 53.6 Å². The van der Waals surface area contributed by atoms with E-state index in [0.29, 0.717) is 17.3 Å². The van der Waals surface area contributed by atoms with Gasteiger partial charge in [-0.3, -0.25) is 0 Å². The zero-order valence-electron chi connectivity index (χ0n) is 11.3. The summed E-state index contributed by atoms with van der Waals surface area (Å²) in [7, 11) is 0. The van der Waals surface area contributed by atoms with Crippen LogP contribution in [0.2, 0.25) is 0 Å². The van der Waals surface area contributed by atoms with Crippen molar-refractivity contribution >= 4 is 0 Å². The Bertz CT molecular complexity index is 763. The maximum atomic E-state index is 9.90. The lowest BCUT2D eigenvalue weighted by molar-refractivity contribution is 0.425. The highest BCUT2D eigenvalue weighted by molar-refractivity contribution is 5.66. The minimum atomic E-state index is 0.135. The van der Waals surface area contributed by atoms with Crippen molar-refractivity contribution in [3.63, 3.8) is 0 Å². The van der Waals surface area contributed by atoms with E-state index in [1.54, 1.807) is 6.07 Å². The monoisotopic (exact) mass is 266 g/mol. The lowest BCUT2D eigenvalue weighted by Gasteiger charge is -2.00. The average molecular weight is 266 g/mol. The quantitative estimate of drug-likeness (QED) is 0.767. The number of phenolic OH excluding ortho intramolecular Hbond substituents is 1. The second kappa shape index (κ2) is 4.81. The number of rotatable bonds is 2. The van der Waals surface area contributed by atoms with Crippen LogP contribution in [0.3, 0.4) is 0 Å². The Hall–Kier alpha value is -2.62. The van der Waals surface area contributed by atoms with Crippen LogP contribution in [-0.4, -0.2) is 15.2 Å². The van der Waals surface area contributed by atoms with Gasteiger partial charge in [0.25, 0.3) is 5.89 Å². The van der Waals surface area contributed by atoms with Crippen molar-refractivity contribution < 1.29 is 9.63 Å². The van der Waals surface area contributed by atoms with E-state index < -0.39 is 0 Å². The van der Waals surface area contributed by atoms with E-state index in [1.807, 2.05) is 50.2 Å².